The molecule has 4 aromatic rings. The lowest BCUT2D eigenvalue weighted by Crippen LogP contribution is -2.14. The summed E-state index contributed by atoms with van der Waals surface area (Å²) in [6.07, 6.45) is 0. The van der Waals surface area contributed by atoms with Crippen LogP contribution in [0.3, 0.4) is 0 Å². The van der Waals surface area contributed by atoms with E-state index in [9.17, 15) is 22.6 Å². The second-order valence-corrected chi connectivity index (χ2v) is 8.73. The van der Waals surface area contributed by atoms with Crippen LogP contribution in [0.15, 0.2) is 65.6 Å². The number of aromatic amines is 1. The van der Waals surface area contributed by atoms with Gasteiger partial charge in [0, 0.05) is 29.5 Å². The first-order valence-electron chi connectivity index (χ1n) is 9.87. The summed E-state index contributed by atoms with van der Waals surface area (Å²) in [6.45, 7) is 1.44. The number of imidazole rings is 1. The number of benzene rings is 3. The predicted octanol–water partition coefficient (Wildman–Crippen LogP) is 3.97. The van der Waals surface area contributed by atoms with Gasteiger partial charge in [-0.1, -0.05) is 18.2 Å². The Hall–Kier alpha value is -4.02. The highest BCUT2D eigenvalue weighted by Gasteiger charge is 2.19. The van der Waals surface area contributed by atoms with Gasteiger partial charge in [-0.3, -0.25) is 14.1 Å². The minimum atomic E-state index is -4.58. The van der Waals surface area contributed by atoms with Crippen molar-refractivity contribution in [1.82, 2.24) is 9.97 Å². The number of fused-ring (bicyclic) bond motifs is 1. The number of ketones is 1. The molecule has 4 rings (SSSR count). The summed E-state index contributed by atoms with van der Waals surface area (Å²) in [7, 11) is -2.81. The average Bonchev–Trinajstić information content (AvgIpc) is 3.22. The zero-order valence-corrected chi connectivity index (χ0v) is 18.5. The summed E-state index contributed by atoms with van der Waals surface area (Å²) >= 11 is 0. The van der Waals surface area contributed by atoms with E-state index in [1.54, 1.807) is 49.5 Å². The second kappa shape index (κ2) is 8.49. The van der Waals surface area contributed by atoms with Crippen molar-refractivity contribution in [1.29, 1.82) is 0 Å². The van der Waals surface area contributed by atoms with Gasteiger partial charge < -0.3 is 15.6 Å². The molecule has 0 saturated heterocycles. The SMILES string of the molecule is CNc1ccc(-c2ccc(NC(=O)c3nc4ccc(C(C)=O)cc4[nH]3)cc2S(=O)(=O)O)cc1. The van der Waals surface area contributed by atoms with Gasteiger partial charge in [0.2, 0.25) is 0 Å². The van der Waals surface area contributed by atoms with E-state index in [4.69, 9.17) is 0 Å². The first kappa shape index (κ1) is 22.2. The Labute approximate surface area is 189 Å². The molecule has 0 fully saturated rings. The molecule has 10 heteroatoms. The summed E-state index contributed by atoms with van der Waals surface area (Å²) in [5, 5.41) is 5.55. The van der Waals surface area contributed by atoms with E-state index in [0.29, 0.717) is 27.7 Å². The number of H-pyrrole nitrogens is 1. The molecule has 1 amide bonds. The lowest BCUT2D eigenvalue weighted by atomic mass is 10.0. The lowest BCUT2D eigenvalue weighted by Gasteiger charge is -2.11. The first-order chi connectivity index (χ1) is 15.7. The fourth-order valence-corrected chi connectivity index (χ4v) is 4.13. The third-order valence-electron chi connectivity index (χ3n) is 5.11. The quantitative estimate of drug-likeness (QED) is 0.250. The number of aromatic nitrogens is 2. The zero-order chi connectivity index (χ0) is 23.8. The van der Waals surface area contributed by atoms with Crippen molar-refractivity contribution in [3.05, 3.63) is 72.1 Å². The fourth-order valence-electron chi connectivity index (χ4n) is 3.39. The molecule has 0 spiro atoms. The molecule has 1 heterocycles. The molecule has 0 aliphatic heterocycles. The number of nitrogens with zero attached hydrogens (tertiary/aromatic N) is 1. The van der Waals surface area contributed by atoms with E-state index >= 15 is 0 Å². The van der Waals surface area contributed by atoms with E-state index in [2.05, 4.69) is 20.6 Å². The van der Waals surface area contributed by atoms with Crippen LogP contribution < -0.4 is 10.6 Å². The lowest BCUT2D eigenvalue weighted by molar-refractivity contribution is 0.101. The highest BCUT2D eigenvalue weighted by molar-refractivity contribution is 7.86. The zero-order valence-electron chi connectivity index (χ0n) is 17.7. The fraction of sp³-hybridized carbons (Fsp3) is 0.0870. The molecule has 1 aromatic heterocycles. The van der Waals surface area contributed by atoms with Crippen LogP contribution in [-0.2, 0) is 10.1 Å². The van der Waals surface area contributed by atoms with Crippen molar-refractivity contribution in [2.75, 3.05) is 17.7 Å². The molecule has 0 saturated carbocycles. The molecule has 9 nitrogen and oxygen atoms in total. The summed E-state index contributed by atoms with van der Waals surface area (Å²) in [6, 6.07) is 16.1. The van der Waals surface area contributed by atoms with Gasteiger partial charge in [0.1, 0.15) is 4.90 Å². The van der Waals surface area contributed by atoms with Gasteiger partial charge in [-0.15, -0.1) is 0 Å². The second-order valence-electron chi connectivity index (χ2n) is 7.34. The normalized spacial score (nSPS) is 11.4. The maximum atomic E-state index is 12.7. The van der Waals surface area contributed by atoms with Gasteiger partial charge in [-0.25, -0.2) is 4.98 Å². The van der Waals surface area contributed by atoms with E-state index < -0.39 is 16.0 Å². The maximum Gasteiger partial charge on any atom is 0.295 e. The Morgan fingerprint density at radius 1 is 0.970 bits per heavy atom. The number of hydrogen-bond donors (Lipinski definition) is 4. The molecule has 3 aromatic carbocycles. The number of amides is 1. The summed E-state index contributed by atoms with van der Waals surface area (Å²) in [5.41, 5.74) is 3.38. The standard InChI is InChI=1S/C23H20N4O5S/c1-13(28)15-5-10-19-20(11-15)27-22(26-19)23(29)25-17-8-9-18(21(12-17)33(30,31)32)14-3-6-16(24-2)7-4-14/h3-12,24H,1-2H3,(H,25,29)(H,26,27)(H,30,31,32). The van der Waals surface area contributed by atoms with Crippen molar-refractivity contribution in [3.63, 3.8) is 0 Å². The number of anilines is 2. The largest absolute Gasteiger partial charge is 0.388 e. The maximum absolute atomic E-state index is 12.7. The number of Topliss-reactive ketones (excluding diaryl/α,β-unsaturated/α-hetero) is 1. The van der Waals surface area contributed by atoms with E-state index in [1.165, 1.54) is 25.1 Å². The van der Waals surface area contributed by atoms with Crippen LogP contribution in [0.4, 0.5) is 11.4 Å². The van der Waals surface area contributed by atoms with Crippen molar-refractivity contribution in [3.8, 4) is 11.1 Å². The Bertz CT molecular complexity index is 1490. The number of nitrogens with one attached hydrogen (secondary N) is 3. The molecular formula is C23H20N4O5S. The van der Waals surface area contributed by atoms with Gasteiger partial charge >= 0.3 is 0 Å². The molecule has 168 valence electrons. The Kier molecular flexibility index (Phi) is 5.71. The molecule has 0 radical (unpaired) electrons. The van der Waals surface area contributed by atoms with Gasteiger partial charge in [-0.05, 0) is 55.0 Å². The van der Waals surface area contributed by atoms with Gasteiger partial charge in [0.05, 0.1) is 11.0 Å². The molecule has 0 aliphatic rings. The van der Waals surface area contributed by atoms with Crippen LogP contribution in [0.2, 0.25) is 0 Å². The van der Waals surface area contributed by atoms with Gasteiger partial charge in [0.15, 0.2) is 11.6 Å². The Morgan fingerprint density at radius 3 is 2.30 bits per heavy atom. The monoisotopic (exact) mass is 464 g/mol. The van der Waals surface area contributed by atoms with Crippen molar-refractivity contribution >= 4 is 44.2 Å². The number of rotatable bonds is 6. The molecule has 0 atom stereocenters. The van der Waals surface area contributed by atoms with Crippen LogP contribution in [0.25, 0.3) is 22.2 Å². The predicted molar refractivity (Wildman–Crippen MR) is 125 cm³/mol. The first-order valence-corrected chi connectivity index (χ1v) is 11.3. The van der Waals surface area contributed by atoms with Crippen LogP contribution in [0, 0.1) is 0 Å². The topological polar surface area (TPSA) is 141 Å². The average molecular weight is 465 g/mol. The molecule has 33 heavy (non-hydrogen) atoms. The Morgan fingerprint density at radius 2 is 1.67 bits per heavy atom. The molecule has 0 aliphatic carbocycles. The van der Waals surface area contributed by atoms with Crippen molar-refractivity contribution in [2.24, 2.45) is 0 Å². The number of hydrogen-bond acceptors (Lipinski definition) is 6. The molecule has 0 unspecified atom stereocenters. The van der Waals surface area contributed by atoms with Gasteiger partial charge in [0.25, 0.3) is 16.0 Å². The van der Waals surface area contributed by atoms with Crippen LogP contribution in [-0.4, -0.2) is 41.7 Å². The number of carbonyl (C=O) groups is 2. The third kappa shape index (κ3) is 4.61. The van der Waals surface area contributed by atoms with Gasteiger partial charge in [-0.2, -0.15) is 8.42 Å². The number of carbonyl (C=O) groups excluding carboxylic acids is 2. The van der Waals surface area contributed by atoms with E-state index in [0.717, 1.165) is 5.69 Å². The molecule has 4 N–H and O–H groups in total. The third-order valence-corrected chi connectivity index (χ3v) is 6.00. The highest BCUT2D eigenvalue weighted by Crippen LogP contribution is 2.31. The minimum Gasteiger partial charge on any atom is -0.388 e. The van der Waals surface area contributed by atoms with Crippen LogP contribution >= 0.6 is 0 Å². The van der Waals surface area contributed by atoms with Crippen molar-refractivity contribution < 1.29 is 22.6 Å². The minimum absolute atomic E-state index is 0.00848. The van der Waals surface area contributed by atoms with Crippen LogP contribution in [0.1, 0.15) is 27.9 Å². The summed E-state index contributed by atoms with van der Waals surface area (Å²) in [5.74, 6) is -0.732. The summed E-state index contributed by atoms with van der Waals surface area (Å²) in [4.78, 5) is 31.0. The molecule has 0 bridgehead atoms. The smallest absolute Gasteiger partial charge is 0.295 e. The van der Waals surface area contributed by atoms with E-state index in [-0.39, 0.29) is 22.2 Å². The van der Waals surface area contributed by atoms with E-state index in [1.807, 2.05) is 0 Å². The van der Waals surface area contributed by atoms with Crippen molar-refractivity contribution in [2.45, 2.75) is 11.8 Å². The summed E-state index contributed by atoms with van der Waals surface area (Å²) < 4.78 is 33.9. The highest BCUT2D eigenvalue weighted by atomic mass is 32.2. The Balaban J connectivity index is 1.66. The van der Waals surface area contributed by atoms with Crippen LogP contribution in [0.5, 0.6) is 0 Å². The molecular weight excluding hydrogens is 444 g/mol.